The molecule has 1 aliphatic carbocycles. The quantitative estimate of drug-likeness (QED) is 0.826. The molecule has 0 radical (unpaired) electrons. The van der Waals surface area contributed by atoms with Gasteiger partial charge in [0.1, 0.15) is 0 Å². The molecule has 0 bridgehead atoms. The number of hydrogen-bond acceptors (Lipinski definition) is 3. The summed E-state index contributed by atoms with van der Waals surface area (Å²) in [6, 6.07) is 11.9. The van der Waals surface area contributed by atoms with Crippen LogP contribution in [0.15, 0.2) is 48.8 Å². The van der Waals surface area contributed by atoms with E-state index in [-0.39, 0.29) is 23.7 Å². The van der Waals surface area contributed by atoms with Gasteiger partial charge in [0, 0.05) is 37.3 Å². The predicted molar refractivity (Wildman–Crippen MR) is 105 cm³/mol. The summed E-state index contributed by atoms with van der Waals surface area (Å²) in [5.74, 6) is 0.213. The van der Waals surface area contributed by atoms with Gasteiger partial charge in [-0.25, -0.2) is 0 Å². The third-order valence-corrected chi connectivity index (χ3v) is 5.40. The molecule has 0 spiro atoms. The van der Waals surface area contributed by atoms with Crippen LogP contribution in [-0.4, -0.2) is 16.8 Å². The van der Waals surface area contributed by atoms with Crippen molar-refractivity contribution in [2.75, 3.05) is 0 Å². The second-order valence-electron chi connectivity index (χ2n) is 7.27. The molecule has 2 aromatic rings. The molecule has 1 saturated carbocycles. The van der Waals surface area contributed by atoms with Gasteiger partial charge in [0.2, 0.25) is 11.8 Å². The first-order chi connectivity index (χ1) is 13.1. The molecule has 1 heterocycles. The predicted octanol–water partition coefficient (Wildman–Crippen LogP) is 3.13. The molecule has 1 aromatic heterocycles. The Bertz CT molecular complexity index is 768. The Kier molecular flexibility index (Phi) is 6.58. The molecule has 1 aromatic carbocycles. The van der Waals surface area contributed by atoms with Crippen LogP contribution in [0.2, 0.25) is 0 Å². The van der Waals surface area contributed by atoms with Crippen LogP contribution in [0, 0.1) is 18.8 Å². The van der Waals surface area contributed by atoms with E-state index >= 15 is 0 Å². The van der Waals surface area contributed by atoms with Crippen LogP contribution in [0.5, 0.6) is 0 Å². The van der Waals surface area contributed by atoms with Gasteiger partial charge in [0.05, 0.1) is 0 Å². The number of nitrogens with zero attached hydrogens (tertiary/aromatic N) is 1. The van der Waals surface area contributed by atoms with Gasteiger partial charge in [-0.1, -0.05) is 24.3 Å². The highest BCUT2D eigenvalue weighted by atomic mass is 16.2. The largest absolute Gasteiger partial charge is 0.352 e. The molecule has 142 valence electrons. The van der Waals surface area contributed by atoms with E-state index in [2.05, 4.69) is 28.6 Å². The lowest BCUT2D eigenvalue weighted by Crippen LogP contribution is -2.37. The van der Waals surface area contributed by atoms with E-state index in [1.165, 1.54) is 5.56 Å². The van der Waals surface area contributed by atoms with Gasteiger partial charge in [0.25, 0.3) is 0 Å². The average Bonchev–Trinajstić information content (AvgIpc) is 2.72. The van der Waals surface area contributed by atoms with Crippen molar-refractivity contribution in [3.8, 4) is 0 Å². The molecule has 5 nitrogen and oxygen atoms in total. The standard InChI is InChI=1S/C22H27N3O2/c1-16-4-2-3-5-20(16)15-25-22(27)19-8-6-18(7-9-19)21(26)24-14-17-10-12-23-13-11-17/h2-5,10-13,18-19H,6-9,14-15H2,1H3,(H,24,26)(H,25,27). The zero-order valence-corrected chi connectivity index (χ0v) is 15.8. The molecule has 0 atom stereocenters. The third kappa shape index (κ3) is 5.39. The number of nitrogens with one attached hydrogen (secondary N) is 2. The number of aryl methyl sites for hydroxylation is 1. The number of aromatic nitrogens is 1. The highest BCUT2D eigenvalue weighted by Crippen LogP contribution is 2.29. The summed E-state index contributed by atoms with van der Waals surface area (Å²) in [5, 5.41) is 6.05. The lowest BCUT2D eigenvalue weighted by atomic mass is 9.81. The summed E-state index contributed by atoms with van der Waals surface area (Å²) >= 11 is 0. The van der Waals surface area contributed by atoms with Gasteiger partial charge in [-0.2, -0.15) is 0 Å². The maximum atomic E-state index is 12.5. The van der Waals surface area contributed by atoms with E-state index in [9.17, 15) is 9.59 Å². The molecule has 1 fully saturated rings. The first-order valence-corrected chi connectivity index (χ1v) is 9.62. The zero-order chi connectivity index (χ0) is 19.1. The van der Waals surface area contributed by atoms with Crippen molar-refractivity contribution in [1.29, 1.82) is 0 Å². The van der Waals surface area contributed by atoms with Crippen molar-refractivity contribution < 1.29 is 9.59 Å². The monoisotopic (exact) mass is 365 g/mol. The fraction of sp³-hybridized carbons (Fsp3) is 0.409. The molecular formula is C22H27N3O2. The van der Waals surface area contributed by atoms with Crippen molar-refractivity contribution >= 4 is 11.8 Å². The lowest BCUT2D eigenvalue weighted by Gasteiger charge is -2.27. The number of rotatable bonds is 6. The van der Waals surface area contributed by atoms with Gasteiger partial charge in [0.15, 0.2) is 0 Å². The van der Waals surface area contributed by atoms with E-state index in [0.717, 1.165) is 36.8 Å². The minimum atomic E-state index is 0.00672. The summed E-state index contributed by atoms with van der Waals surface area (Å²) in [6.45, 7) is 3.15. The van der Waals surface area contributed by atoms with E-state index < -0.39 is 0 Å². The molecule has 0 aliphatic heterocycles. The Balaban J connectivity index is 1.40. The number of carbonyl (C=O) groups is 2. The second kappa shape index (κ2) is 9.31. The fourth-order valence-corrected chi connectivity index (χ4v) is 3.59. The van der Waals surface area contributed by atoms with Crippen LogP contribution in [0.3, 0.4) is 0 Å². The SMILES string of the molecule is Cc1ccccc1CNC(=O)C1CCC(C(=O)NCc2ccncc2)CC1. The van der Waals surface area contributed by atoms with Crippen LogP contribution < -0.4 is 10.6 Å². The molecule has 5 heteroatoms. The summed E-state index contributed by atoms with van der Waals surface area (Å²) in [5.41, 5.74) is 3.38. The van der Waals surface area contributed by atoms with Crippen molar-refractivity contribution in [2.45, 2.75) is 45.7 Å². The summed E-state index contributed by atoms with van der Waals surface area (Å²) in [4.78, 5) is 28.8. The normalized spacial score (nSPS) is 19.3. The molecule has 2 N–H and O–H groups in total. The molecule has 27 heavy (non-hydrogen) atoms. The number of amides is 2. The lowest BCUT2D eigenvalue weighted by molar-refractivity contribution is -0.130. The van der Waals surface area contributed by atoms with Crippen LogP contribution in [-0.2, 0) is 22.7 Å². The van der Waals surface area contributed by atoms with E-state index in [0.29, 0.717) is 13.1 Å². The van der Waals surface area contributed by atoms with Gasteiger partial charge >= 0.3 is 0 Å². The average molecular weight is 365 g/mol. The van der Waals surface area contributed by atoms with Crippen molar-refractivity contribution in [1.82, 2.24) is 15.6 Å². The zero-order valence-electron chi connectivity index (χ0n) is 15.8. The maximum absolute atomic E-state index is 12.5. The first-order valence-electron chi connectivity index (χ1n) is 9.62. The van der Waals surface area contributed by atoms with Crippen molar-refractivity contribution in [2.24, 2.45) is 11.8 Å². The molecule has 0 saturated heterocycles. The highest BCUT2D eigenvalue weighted by molar-refractivity contribution is 5.81. The minimum absolute atomic E-state index is 0.00672. The second-order valence-corrected chi connectivity index (χ2v) is 7.27. The topological polar surface area (TPSA) is 71.1 Å². The Morgan fingerprint density at radius 1 is 0.889 bits per heavy atom. The Morgan fingerprint density at radius 3 is 2.04 bits per heavy atom. The summed E-state index contributed by atoms with van der Waals surface area (Å²) < 4.78 is 0. The smallest absolute Gasteiger partial charge is 0.223 e. The van der Waals surface area contributed by atoms with E-state index in [1.807, 2.05) is 30.3 Å². The minimum Gasteiger partial charge on any atom is -0.352 e. The van der Waals surface area contributed by atoms with Crippen LogP contribution in [0.1, 0.15) is 42.4 Å². The molecule has 1 aliphatic rings. The van der Waals surface area contributed by atoms with Gasteiger partial charge in [-0.15, -0.1) is 0 Å². The number of hydrogen-bond donors (Lipinski definition) is 2. The van der Waals surface area contributed by atoms with Gasteiger partial charge in [-0.3, -0.25) is 14.6 Å². The van der Waals surface area contributed by atoms with E-state index in [4.69, 9.17) is 0 Å². The van der Waals surface area contributed by atoms with Crippen LogP contribution in [0.25, 0.3) is 0 Å². The highest BCUT2D eigenvalue weighted by Gasteiger charge is 2.29. The van der Waals surface area contributed by atoms with Gasteiger partial charge < -0.3 is 10.6 Å². The number of pyridine rings is 1. The number of carbonyl (C=O) groups excluding carboxylic acids is 2. The molecule has 0 unspecified atom stereocenters. The summed E-state index contributed by atoms with van der Waals surface area (Å²) in [6.07, 6.45) is 6.53. The fourth-order valence-electron chi connectivity index (χ4n) is 3.59. The number of benzene rings is 1. The van der Waals surface area contributed by atoms with E-state index in [1.54, 1.807) is 12.4 Å². The third-order valence-electron chi connectivity index (χ3n) is 5.40. The van der Waals surface area contributed by atoms with Crippen molar-refractivity contribution in [3.05, 3.63) is 65.5 Å². The Morgan fingerprint density at radius 2 is 1.44 bits per heavy atom. The molecular weight excluding hydrogens is 338 g/mol. The molecule has 2 amide bonds. The maximum Gasteiger partial charge on any atom is 0.223 e. The van der Waals surface area contributed by atoms with Crippen LogP contribution >= 0.6 is 0 Å². The molecule has 3 rings (SSSR count). The first kappa shape index (κ1) is 19.1. The Hall–Kier alpha value is -2.69. The summed E-state index contributed by atoms with van der Waals surface area (Å²) in [7, 11) is 0. The Labute approximate surface area is 160 Å². The van der Waals surface area contributed by atoms with Crippen molar-refractivity contribution in [3.63, 3.8) is 0 Å². The van der Waals surface area contributed by atoms with Crippen LogP contribution in [0.4, 0.5) is 0 Å². The van der Waals surface area contributed by atoms with Gasteiger partial charge in [-0.05, 0) is 61.4 Å².